The molecule has 0 spiro atoms. The normalized spacial score (nSPS) is 10.4. The summed E-state index contributed by atoms with van der Waals surface area (Å²) in [6, 6.07) is 0. The van der Waals surface area contributed by atoms with Crippen LogP contribution in [0.15, 0.2) is 6.20 Å². The van der Waals surface area contributed by atoms with E-state index >= 15 is 0 Å². The number of aliphatic hydroxyl groups excluding tert-OH is 1. The van der Waals surface area contributed by atoms with Crippen LogP contribution in [0.1, 0.15) is 13.3 Å². The number of halogens is 2. The first-order chi connectivity index (χ1) is 7.19. The average Bonchev–Trinajstić information content (AvgIpc) is 2.24. The Morgan fingerprint density at radius 3 is 2.93 bits per heavy atom. The first kappa shape index (κ1) is 12.1. The summed E-state index contributed by atoms with van der Waals surface area (Å²) in [7, 11) is 0. The van der Waals surface area contributed by atoms with Gasteiger partial charge in [0.15, 0.2) is 11.6 Å². The van der Waals surface area contributed by atoms with Crippen molar-refractivity contribution in [2.75, 3.05) is 24.6 Å². The fraction of sp³-hybridized carbons (Fsp3) is 0.556. The number of aromatic nitrogens is 2. The second-order valence-electron chi connectivity index (χ2n) is 2.97. The van der Waals surface area contributed by atoms with Gasteiger partial charge in [-0.1, -0.05) is 0 Å². The zero-order valence-corrected chi connectivity index (χ0v) is 9.21. The molecule has 0 radical (unpaired) electrons. The highest BCUT2D eigenvalue weighted by Gasteiger charge is 2.12. The third-order valence-electron chi connectivity index (χ3n) is 1.96. The molecule has 0 saturated heterocycles. The fourth-order valence-corrected chi connectivity index (χ4v) is 1.36. The molecule has 1 aromatic heterocycles. The van der Waals surface area contributed by atoms with E-state index < -0.39 is 5.82 Å². The van der Waals surface area contributed by atoms with Crippen molar-refractivity contribution in [1.82, 2.24) is 9.97 Å². The second-order valence-corrected chi connectivity index (χ2v) is 3.31. The summed E-state index contributed by atoms with van der Waals surface area (Å²) in [6.07, 6.45) is 1.61. The summed E-state index contributed by atoms with van der Waals surface area (Å²) in [6.45, 7) is 3.09. The van der Waals surface area contributed by atoms with Crippen molar-refractivity contribution < 1.29 is 9.50 Å². The molecular formula is C9H13ClFN3O. The molecule has 1 N–H and O–H groups in total. The van der Waals surface area contributed by atoms with Gasteiger partial charge in [-0.3, -0.25) is 0 Å². The summed E-state index contributed by atoms with van der Waals surface area (Å²) >= 11 is 5.59. The summed E-state index contributed by atoms with van der Waals surface area (Å²) < 4.78 is 13.3. The highest BCUT2D eigenvalue weighted by Crippen LogP contribution is 2.17. The van der Waals surface area contributed by atoms with Crippen molar-refractivity contribution in [1.29, 1.82) is 0 Å². The van der Waals surface area contributed by atoms with E-state index in [1.165, 1.54) is 0 Å². The van der Waals surface area contributed by atoms with Crippen LogP contribution in [0.5, 0.6) is 0 Å². The van der Waals surface area contributed by atoms with Crippen LogP contribution in [-0.4, -0.2) is 34.8 Å². The molecule has 1 aromatic rings. The van der Waals surface area contributed by atoms with Gasteiger partial charge in [0.05, 0.1) is 6.20 Å². The molecule has 0 amide bonds. The quantitative estimate of drug-likeness (QED) is 0.783. The number of hydrogen-bond donors (Lipinski definition) is 1. The molecule has 0 atom stereocenters. The molecule has 84 valence electrons. The molecule has 0 fully saturated rings. The molecule has 6 heteroatoms. The molecule has 0 aliphatic rings. The van der Waals surface area contributed by atoms with Crippen LogP contribution in [0.4, 0.5) is 10.2 Å². The highest BCUT2D eigenvalue weighted by atomic mass is 35.5. The van der Waals surface area contributed by atoms with Crippen LogP contribution in [0, 0.1) is 5.82 Å². The Hall–Kier alpha value is -0.940. The highest BCUT2D eigenvalue weighted by molar-refractivity contribution is 6.28. The van der Waals surface area contributed by atoms with E-state index in [4.69, 9.17) is 16.7 Å². The van der Waals surface area contributed by atoms with E-state index in [-0.39, 0.29) is 17.7 Å². The van der Waals surface area contributed by atoms with Gasteiger partial charge in [-0.05, 0) is 24.9 Å². The molecule has 1 heterocycles. The molecular weight excluding hydrogens is 221 g/mol. The van der Waals surface area contributed by atoms with E-state index in [1.807, 2.05) is 6.92 Å². The summed E-state index contributed by atoms with van der Waals surface area (Å²) in [4.78, 5) is 9.07. The number of rotatable bonds is 5. The topological polar surface area (TPSA) is 49.2 Å². The van der Waals surface area contributed by atoms with Gasteiger partial charge < -0.3 is 10.0 Å². The second kappa shape index (κ2) is 5.82. The number of hydrogen-bond acceptors (Lipinski definition) is 4. The van der Waals surface area contributed by atoms with E-state index in [9.17, 15) is 4.39 Å². The summed E-state index contributed by atoms with van der Waals surface area (Å²) in [5, 5.41) is 8.72. The van der Waals surface area contributed by atoms with Crippen molar-refractivity contribution in [3.63, 3.8) is 0 Å². The molecule has 0 aliphatic carbocycles. The van der Waals surface area contributed by atoms with E-state index in [0.717, 1.165) is 6.20 Å². The Morgan fingerprint density at radius 1 is 1.60 bits per heavy atom. The summed E-state index contributed by atoms with van der Waals surface area (Å²) in [5.74, 6) is -0.315. The van der Waals surface area contributed by atoms with Crippen molar-refractivity contribution in [3.8, 4) is 0 Å². The predicted octanol–water partition coefficient (Wildman–Crippen LogP) is 1.48. The zero-order valence-electron chi connectivity index (χ0n) is 8.45. The van der Waals surface area contributed by atoms with Crippen molar-refractivity contribution in [2.45, 2.75) is 13.3 Å². The molecule has 1 rings (SSSR count). The van der Waals surface area contributed by atoms with Crippen LogP contribution in [-0.2, 0) is 0 Å². The lowest BCUT2D eigenvalue weighted by Gasteiger charge is -2.21. The Bertz CT molecular complexity index is 324. The molecule has 0 aliphatic heterocycles. The minimum atomic E-state index is -0.501. The maximum absolute atomic E-state index is 13.3. The maximum atomic E-state index is 13.3. The molecule has 15 heavy (non-hydrogen) atoms. The van der Waals surface area contributed by atoms with Crippen molar-refractivity contribution in [2.24, 2.45) is 0 Å². The number of aliphatic hydroxyl groups is 1. The van der Waals surface area contributed by atoms with Crippen LogP contribution >= 0.6 is 11.6 Å². The zero-order chi connectivity index (χ0) is 11.3. The van der Waals surface area contributed by atoms with Gasteiger partial charge in [0.25, 0.3) is 0 Å². The fourth-order valence-electron chi connectivity index (χ4n) is 1.23. The van der Waals surface area contributed by atoms with Gasteiger partial charge >= 0.3 is 0 Å². The van der Waals surface area contributed by atoms with Crippen molar-refractivity contribution >= 4 is 17.4 Å². The van der Waals surface area contributed by atoms with Gasteiger partial charge in [-0.15, -0.1) is 0 Å². The summed E-state index contributed by atoms with van der Waals surface area (Å²) in [5.41, 5.74) is 0. The lowest BCUT2D eigenvalue weighted by atomic mass is 10.3. The Balaban J connectivity index is 2.85. The number of nitrogens with zero attached hydrogens (tertiary/aromatic N) is 3. The van der Waals surface area contributed by atoms with Gasteiger partial charge in [0.2, 0.25) is 5.28 Å². The van der Waals surface area contributed by atoms with E-state index in [1.54, 1.807) is 4.90 Å². The van der Waals surface area contributed by atoms with Crippen molar-refractivity contribution in [3.05, 3.63) is 17.3 Å². The van der Waals surface area contributed by atoms with Gasteiger partial charge in [-0.25, -0.2) is 9.37 Å². The lowest BCUT2D eigenvalue weighted by molar-refractivity contribution is 0.289. The van der Waals surface area contributed by atoms with E-state index in [2.05, 4.69) is 9.97 Å². The lowest BCUT2D eigenvalue weighted by Crippen LogP contribution is -2.26. The first-order valence-corrected chi connectivity index (χ1v) is 5.10. The molecule has 0 aromatic carbocycles. The van der Waals surface area contributed by atoms with Gasteiger partial charge in [-0.2, -0.15) is 4.98 Å². The van der Waals surface area contributed by atoms with Crippen LogP contribution in [0.2, 0.25) is 5.28 Å². The van der Waals surface area contributed by atoms with Crippen LogP contribution < -0.4 is 4.90 Å². The van der Waals surface area contributed by atoms with Gasteiger partial charge in [0.1, 0.15) is 0 Å². The third kappa shape index (κ3) is 3.28. The standard InChI is InChI=1S/C9H13ClFN3O/c1-2-14(4-3-5-15)8-7(11)6-12-9(10)13-8/h6,15H,2-5H2,1H3. The number of anilines is 1. The van der Waals surface area contributed by atoms with Crippen LogP contribution in [0.3, 0.4) is 0 Å². The van der Waals surface area contributed by atoms with Crippen LogP contribution in [0.25, 0.3) is 0 Å². The smallest absolute Gasteiger partial charge is 0.224 e. The minimum Gasteiger partial charge on any atom is -0.396 e. The minimum absolute atomic E-state index is 0.0221. The maximum Gasteiger partial charge on any atom is 0.224 e. The van der Waals surface area contributed by atoms with Gasteiger partial charge in [0, 0.05) is 19.7 Å². The molecule has 0 bridgehead atoms. The third-order valence-corrected chi connectivity index (χ3v) is 2.15. The predicted molar refractivity (Wildman–Crippen MR) is 56.6 cm³/mol. The largest absolute Gasteiger partial charge is 0.396 e. The molecule has 0 unspecified atom stereocenters. The monoisotopic (exact) mass is 233 g/mol. The Labute approximate surface area is 92.7 Å². The average molecular weight is 234 g/mol. The molecule has 0 saturated carbocycles. The molecule has 4 nitrogen and oxygen atoms in total. The SMILES string of the molecule is CCN(CCCO)c1nc(Cl)ncc1F. The first-order valence-electron chi connectivity index (χ1n) is 4.73. The Kier molecular flexibility index (Phi) is 4.71. The Morgan fingerprint density at radius 2 is 2.33 bits per heavy atom. The van der Waals surface area contributed by atoms with E-state index in [0.29, 0.717) is 19.5 Å².